The Kier molecular flexibility index (Phi) is 6.05. The molecule has 2 aromatic heterocycles. The molecule has 0 unspecified atom stereocenters. The average molecular weight is 485 g/mol. The van der Waals surface area contributed by atoms with E-state index in [0.717, 1.165) is 27.7 Å². The number of rotatable bonds is 6. The third-order valence-corrected chi connectivity index (χ3v) is 6.96. The highest BCUT2D eigenvalue weighted by atomic mass is 32.2. The zero-order valence-corrected chi connectivity index (χ0v) is 20.4. The van der Waals surface area contributed by atoms with Crippen LogP contribution in [0.5, 0.6) is 5.75 Å². The number of H-pyrrole nitrogens is 1. The number of hydrogen-bond acceptors (Lipinski definition) is 5. The molecule has 0 spiro atoms. The maximum atomic E-state index is 13.7. The topological polar surface area (TPSA) is 89.0 Å². The summed E-state index contributed by atoms with van der Waals surface area (Å²) in [6, 6.07) is 20.7. The van der Waals surface area contributed by atoms with E-state index in [9.17, 15) is 9.59 Å². The van der Waals surface area contributed by atoms with Crippen LogP contribution in [-0.2, 0) is 4.79 Å². The largest absolute Gasteiger partial charge is 0.497 e. The molecule has 1 amide bonds. The van der Waals surface area contributed by atoms with Crippen molar-refractivity contribution < 1.29 is 9.53 Å². The van der Waals surface area contributed by atoms with Crippen LogP contribution in [0.15, 0.2) is 76.7 Å². The fourth-order valence-electron chi connectivity index (χ4n) is 4.02. The lowest BCUT2D eigenvalue weighted by atomic mass is 10.1. The van der Waals surface area contributed by atoms with Crippen molar-refractivity contribution in [3.63, 3.8) is 0 Å². The molecule has 35 heavy (non-hydrogen) atoms. The number of amides is 1. The molecule has 5 aromatic rings. The maximum absolute atomic E-state index is 13.7. The standard InChI is InChI=1S/C27H24N4O3S/c1-16-8-6-13-21(17(16)2)28-23(32)15-35-27-30-24-20-11-4-5-12-22(20)29-25(24)26(33)31(27)18-9-7-10-19(14-18)34-3/h4-14,29H,15H2,1-3H3,(H,28,32). The van der Waals surface area contributed by atoms with Crippen molar-refractivity contribution in [1.29, 1.82) is 0 Å². The number of thioether (sulfide) groups is 1. The van der Waals surface area contributed by atoms with Gasteiger partial charge in [-0.2, -0.15) is 0 Å². The van der Waals surface area contributed by atoms with Gasteiger partial charge in [0.25, 0.3) is 5.56 Å². The first-order chi connectivity index (χ1) is 17.0. The molecule has 5 rings (SSSR count). The molecule has 2 N–H and O–H groups in total. The Morgan fingerprint density at radius 3 is 2.71 bits per heavy atom. The lowest BCUT2D eigenvalue weighted by Crippen LogP contribution is -2.23. The van der Waals surface area contributed by atoms with E-state index in [4.69, 9.17) is 9.72 Å². The number of aryl methyl sites for hydroxylation is 1. The minimum absolute atomic E-state index is 0.0949. The molecule has 2 heterocycles. The number of nitrogens with zero attached hydrogens (tertiary/aromatic N) is 2. The smallest absolute Gasteiger partial charge is 0.283 e. The van der Waals surface area contributed by atoms with Gasteiger partial charge < -0.3 is 15.0 Å². The van der Waals surface area contributed by atoms with Crippen LogP contribution in [0.2, 0.25) is 0 Å². The third kappa shape index (κ3) is 4.28. The van der Waals surface area contributed by atoms with Crippen LogP contribution < -0.4 is 15.6 Å². The van der Waals surface area contributed by atoms with E-state index in [0.29, 0.717) is 27.6 Å². The van der Waals surface area contributed by atoms with Gasteiger partial charge in [-0.15, -0.1) is 0 Å². The Morgan fingerprint density at radius 2 is 1.89 bits per heavy atom. The predicted molar refractivity (Wildman–Crippen MR) is 141 cm³/mol. The van der Waals surface area contributed by atoms with Crippen LogP contribution in [0.25, 0.3) is 27.6 Å². The molecule has 176 valence electrons. The second-order valence-electron chi connectivity index (χ2n) is 8.21. The zero-order valence-electron chi connectivity index (χ0n) is 19.6. The van der Waals surface area contributed by atoms with E-state index in [1.54, 1.807) is 13.2 Å². The van der Waals surface area contributed by atoms with Crippen molar-refractivity contribution in [2.24, 2.45) is 0 Å². The summed E-state index contributed by atoms with van der Waals surface area (Å²) in [6.45, 7) is 3.98. The number of fused-ring (bicyclic) bond motifs is 3. The van der Waals surface area contributed by atoms with Gasteiger partial charge in [-0.1, -0.05) is 48.2 Å². The molecule has 0 saturated heterocycles. The Bertz CT molecular complexity index is 1640. The third-order valence-electron chi connectivity index (χ3n) is 6.02. The molecule has 0 aliphatic carbocycles. The van der Waals surface area contributed by atoms with Crippen LogP contribution in [0.3, 0.4) is 0 Å². The number of anilines is 1. The normalized spacial score (nSPS) is 11.2. The Balaban J connectivity index is 1.57. The van der Waals surface area contributed by atoms with E-state index in [2.05, 4.69) is 10.3 Å². The first-order valence-electron chi connectivity index (χ1n) is 11.1. The monoisotopic (exact) mass is 484 g/mol. The number of para-hydroxylation sites is 1. The SMILES string of the molecule is COc1cccc(-n2c(SCC(=O)Nc3cccc(C)c3C)nc3c([nH]c4ccccc43)c2=O)c1. The van der Waals surface area contributed by atoms with Crippen LogP contribution in [0.1, 0.15) is 11.1 Å². The number of aromatic nitrogens is 3. The first-order valence-corrected chi connectivity index (χ1v) is 12.1. The number of ether oxygens (including phenoxy) is 1. The summed E-state index contributed by atoms with van der Waals surface area (Å²) in [5.41, 5.74) is 5.11. The van der Waals surface area contributed by atoms with Crippen molar-refractivity contribution in [2.75, 3.05) is 18.2 Å². The summed E-state index contributed by atoms with van der Waals surface area (Å²) in [6.07, 6.45) is 0. The maximum Gasteiger partial charge on any atom is 0.283 e. The summed E-state index contributed by atoms with van der Waals surface area (Å²) < 4.78 is 6.89. The van der Waals surface area contributed by atoms with Crippen molar-refractivity contribution in [3.05, 3.63) is 88.2 Å². The van der Waals surface area contributed by atoms with Crippen LogP contribution in [0, 0.1) is 13.8 Å². The summed E-state index contributed by atoms with van der Waals surface area (Å²) in [4.78, 5) is 34.6. The van der Waals surface area contributed by atoms with Gasteiger partial charge in [0.1, 0.15) is 16.8 Å². The van der Waals surface area contributed by atoms with Gasteiger partial charge in [0.2, 0.25) is 5.91 Å². The summed E-state index contributed by atoms with van der Waals surface area (Å²) >= 11 is 1.22. The average Bonchev–Trinajstić information content (AvgIpc) is 3.25. The molecule has 0 atom stereocenters. The molecule has 0 aliphatic rings. The lowest BCUT2D eigenvalue weighted by Gasteiger charge is -2.14. The first kappa shape index (κ1) is 22.7. The van der Waals surface area contributed by atoms with Crippen molar-refractivity contribution in [1.82, 2.24) is 14.5 Å². The van der Waals surface area contributed by atoms with Gasteiger partial charge in [0.15, 0.2) is 5.16 Å². The molecule has 0 saturated carbocycles. The highest BCUT2D eigenvalue weighted by Crippen LogP contribution is 2.27. The highest BCUT2D eigenvalue weighted by Gasteiger charge is 2.18. The highest BCUT2D eigenvalue weighted by molar-refractivity contribution is 7.99. The van der Waals surface area contributed by atoms with Crippen molar-refractivity contribution in [2.45, 2.75) is 19.0 Å². The van der Waals surface area contributed by atoms with E-state index in [1.165, 1.54) is 16.3 Å². The molecule has 0 fully saturated rings. The second kappa shape index (κ2) is 9.31. The second-order valence-corrected chi connectivity index (χ2v) is 9.16. The van der Waals surface area contributed by atoms with E-state index in [1.807, 2.05) is 74.5 Å². The van der Waals surface area contributed by atoms with Crippen LogP contribution in [0.4, 0.5) is 5.69 Å². The Labute approximate surface area is 206 Å². The molecule has 0 bridgehead atoms. The number of aromatic amines is 1. The number of methoxy groups -OCH3 is 1. The van der Waals surface area contributed by atoms with Gasteiger partial charge in [0, 0.05) is 22.7 Å². The predicted octanol–water partition coefficient (Wildman–Crippen LogP) is 5.22. The molecule has 8 heteroatoms. The Hall–Kier alpha value is -4.04. The van der Waals surface area contributed by atoms with E-state index in [-0.39, 0.29) is 17.2 Å². The number of carbonyl (C=O) groups is 1. The van der Waals surface area contributed by atoms with Crippen LogP contribution >= 0.6 is 11.8 Å². The van der Waals surface area contributed by atoms with Gasteiger partial charge in [-0.25, -0.2) is 4.98 Å². The summed E-state index contributed by atoms with van der Waals surface area (Å²) in [5, 5.41) is 4.26. The van der Waals surface area contributed by atoms with Gasteiger partial charge in [-0.05, 0) is 49.2 Å². The molecule has 0 aliphatic heterocycles. The molecule has 3 aromatic carbocycles. The number of carbonyl (C=O) groups excluding carboxylic acids is 1. The lowest BCUT2D eigenvalue weighted by molar-refractivity contribution is -0.113. The van der Waals surface area contributed by atoms with Gasteiger partial charge in [0.05, 0.1) is 18.6 Å². The molecule has 7 nitrogen and oxygen atoms in total. The molecular weight excluding hydrogens is 460 g/mol. The molecular formula is C27H24N4O3S. The summed E-state index contributed by atoms with van der Waals surface area (Å²) in [5.74, 6) is 0.543. The minimum Gasteiger partial charge on any atom is -0.497 e. The quantitative estimate of drug-likeness (QED) is 0.255. The molecule has 0 radical (unpaired) electrons. The zero-order chi connectivity index (χ0) is 24.5. The number of nitrogens with one attached hydrogen (secondary N) is 2. The van der Waals surface area contributed by atoms with E-state index >= 15 is 0 Å². The van der Waals surface area contributed by atoms with Gasteiger partial charge >= 0.3 is 0 Å². The fraction of sp³-hybridized carbons (Fsp3) is 0.148. The van der Waals surface area contributed by atoms with Crippen LogP contribution in [-0.4, -0.2) is 33.3 Å². The minimum atomic E-state index is -0.239. The van der Waals surface area contributed by atoms with Crippen molar-refractivity contribution >= 4 is 45.3 Å². The van der Waals surface area contributed by atoms with Crippen molar-refractivity contribution in [3.8, 4) is 11.4 Å². The number of benzene rings is 3. The Morgan fingerprint density at radius 1 is 1.09 bits per heavy atom. The van der Waals surface area contributed by atoms with E-state index < -0.39 is 0 Å². The summed E-state index contributed by atoms with van der Waals surface area (Å²) in [7, 11) is 1.58. The van der Waals surface area contributed by atoms with Gasteiger partial charge in [-0.3, -0.25) is 14.2 Å². The fourth-order valence-corrected chi connectivity index (χ4v) is 4.82. The number of hydrogen-bond donors (Lipinski definition) is 2.